The molecule has 0 amide bonds. The zero-order valence-corrected chi connectivity index (χ0v) is 13.7. The van der Waals surface area contributed by atoms with Crippen LogP contribution >= 0.6 is 11.6 Å². The predicted octanol–water partition coefficient (Wildman–Crippen LogP) is 5.62. The van der Waals surface area contributed by atoms with Crippen LogP contribution in [-0.2, 0) is 0 Å². The Morgan fingerprint density at radius 2 is 1.80 bits per heavy atom. The van der Waals surface area contributed by atoms with Crippen molar-refractivity contribution in [2.45, 2.75) is 6.92 Å². The van der Waals surface area contributed by atoms with E-state index in [1.807, 2.05) is 0 Å². The van der Waals surface area contributed by atoms with Gasteiger partial charge in [-0.3, -0.25) is 0 Å². The molecule has 2 aromatic heterocycles. The third-order valence-electron chi connectivity index (χ3n) is 3.81. The fourth-order valence-electron chi connectivity index (χ4n) is 2.61. The first-order valence-electron chi connectivity index (χ1n) is 7.39. The van der Waals surface area contributed by atoms with E-state index in [2.05, 4.69) is 10.2 Å². The van der Waals surface area contributed by atoms with E-state index in [1.165, 1.54) is 6.07 Å². The molecule has 2 aromatic carbocycles. The van der Waals surface area contributed by atoms with E-state index in [9.17, 15) is 9.90 Å². The molecule has 0 radical (unpaired) electrons. The van der Waals surface area contributed by atoms with Gasteiger partial charge < -0.3 is 13.9 Å². The maximum absolute atomic E-state index is 11.7. The van der Waals surface area contributed by atoms with Crippen LogP contribution in [0.3, 0.4) is 0 Å². The van der Waals surface area contributed by atoms with Crippen molar-refractivity contribution in [3.05, 3.63) is 63.5 Å². The molecule has 4 aromatic rings. The molecule has 0 fully saturated rings. The fourth-order valence-corrected chi connectivity index (χ4v) is 2.74. The Balaban J connectivity index is 1.89. The van der Waals surface area contributed by atoms with Gasteiger partial charge in [-0.05, 0) is 48.9 Å². The minimum absolute atomic E-state index is 0.0680. The smallest absolute Gasteiger partial charge is 0.336 e. The molecule has 0 saturated heterocycles. The number of azo groups is 1. The Bertz CT molecular complexity index is 1190. The summed E-state index contributed by atoms with van der Waals surface area (Å²) in [4.78, 5) is 11.7. The van der Waals surface area contributed by atoms with Crippen LogP contribution in [0.25, 0.3) is 21.9 Å². The molecule has 0 aliphatic heterocycles. The van der Waals surface area contributed by atoms with Gasteiger partial charge in [0.2, 0.25) is 0 Å². The molecule has 0 saturated carbocycles. The highest BCUT2D eigenvalue weighted by Crippen LogP contribution is 2.42. The van der Waals surface area contributed by atoms with E-state index >= 15 is 0 Å². The van der Waals surface area contributed by atoms with Crippen LogP contribution < -0.4 is 5.63 Å². The van der Waals surface area contributed by atoms with Crippen LogP contribution in [0.1, 0.15) is 5.56 Å². The molecule has 0 aliphatic rings. The number of fused-ring (bicyclic) bond motifs is 3. The van der Waals surface area contributed by atoms with Gasteiger partial charge in [0.05, 0.1) is 5.69 Å². The van der Waals surface area contributed by atoms with Crippen molar-refractivity contribution in [3.8, 4) is 5.75 Å². The van der Waals surface area contributed by atoms with Crippen molar-refractivity contribution in [1.82, 2.24) is 0 Å². The summed E-state index contributed by atoms with van der Waals surface area (Å²) in [5.41, 5.74) is 1.41. The van der Waals surface area contributed by atoms with Crippen molar-refractivity contribution in [1.29, 1.82) is 0 Å². The summed E-state index contributed by atoms with van der Waals surface area (Å²) in [5.74, 6) is -0.298. The van der Waals surface area contributed by atoms with Gasteiger partial charge in [0, 0.05) is 16.5 Å². The first-order valence-corrected chi connectivity index (χ1v) is 7.77. The standard InChI is InChI=1S/C18H11ClN2O4/c1-9-8-14(22)25-17-12(9)6-7-13-15(17)16(23)18(24-13)21-20-11-4-2-10(19)3-5-11/h2-8,23H,1H3. The number of halogens is 1. The average molecular weight is 355 g/mol. The lowest BCUT2D eigenvalue weighted by Gasteiger charge is -2.00. The number of nitrogens with zero attached hydrogens (tertiary/aromatic N) is 2. The average Bonchev–Trinajstić information content (AvgIpc) is 2.91. The molecule has 0 aliphatic carbocycles. The van der Waals surface area contributed by atoms with Crippen molar-refractivity contribution in [2.75, 3.05) is 0 Å². The molecule has 0 bridgehead atoms. The van der Waals surface area contributed by atoms with Gasteiger partial charge in [0.1, 0.15) is 11.0 Å². The van der Waals surface area contributed by atoms with E-state index in [0.29, 0.717) is 27.1 Å². The minimum atomic E-state index is -0.498. The molecule has 124 valence electrons. The molecule has 7 heteroatoms. The lowest BCUT2D eigenvalue weighted by Crippen LogP contribution is -1.97. The molecule has 6 nitrogen and oxygen atoms in total. The number of aryl methyl sites for hydroxylation is 1. The zero-order valence-electron chi connectivity index (χ0n) is 13.0. The van der Waals surface area contributed by atoms with Crippen LogP contribution in [0.15, 0.2) is 66.3 Å². The summed E-state index contributed by atoms with van der Waals surface area (Å²) in [5, 5.41) is 20.0. The SMILES string of the molecule is Cc1cc(=O)oc2c1ccc1oc(N=Nc3ccc(Cl)cc3)c(O)c12. The van der Waals surface area contributed by atoms with E-state index in [4.69, 9.17) is 20.4 Å². The third-order valence-corrected chi connectivity index (χ3v) is 4.06. The van der Waals surface area contributed by atoms with Crippen LogP contribution in [0.5, 0.6) is 5.75 Å². The Morgan fingerprint density at radius 3 is 2.56 bits per heavy atom. The van der Waals surface area contributed by atoms with Crippen LogP contribution in [0.4, 0.5) is 11.6 Å². The minimum Gasteiger partial charge on any atom is -0.502 e. The quantitative estimate of drug-likeness (QED) is 0.373. The van der Waals surface area contributed by atoms with Crippen LogP contribution in [0, 0.1) is 6.92 Å². The van der Waals surface area contributed by atoms with Crippen LogP contribution in [-0.4, -0.2) is 5.11 Å². The van der Waals surface area contributed by atoms with Gasteiger partial charge in [-0.25, -0.2) is 4.79 Å². The van der Waals surface area contributed by atoms with Gasteiger partial charge in [-0.15, -0.1) is 10.2 Å². The molecule has 4 rings (SSSR count). The normalized spacial score (nSPS) is 11.8. The molecule has 0 unspecified atom stereocenters. The summed E-state index contributed by atoms with van der Waals surface area (Å²) in [6, 6.07) is 11.6. The maximum Gasteiger partial charge on any atom is 0.336 e. The second kappa shape index (κ2) is 5.75. The number of benzene rings is 2. The highest BCUT2D eigenvalue weighted by atomic mass is 35.5. The number of hydrogen-bond acceptors (Lipinski definition) is 6. The second-order valence-corrected chi connectivity index (χ2v) is 5.93. The number of rotatable bonds is 2. The molecule has 0 atom stereocenters. The Labute approximate surface area is 146 Å². The van der Waals surface area contributed by atoms with E-state index in [0.717, 1.165) is 5.56 Å². The Morgan fingerprint density at radius 1 is 1.04 bits per heavy atom. The van der Waals surface area contributed by atoms with Gasteiger partial charge in [0.25, 0.3) is 5.88 Å². The lowest BCUT2D eigenvalue weighted by atomic mass is 10.1. The van der Waals surface area contributed by atoms with E-state index < -0.39 is 5.63 Å². The van der Waals surface area contributed by atoms with Gasteiger partial charge >= 0.3 is 5.63 Å². The van der Waals surface area contributed by atoms with Gasteiger partial charge in [-0.2, -0.15) is 0 Å². The molecule has 1 N–H and O–H groups in total. The largest absolute Gasteiger partial charge is 0.502 e. The molecule has 0 spiro atoms. The summed E-state index contributed by atoms with van der Waals surface area (Å²) in [6.45, 7) is 1.80. The first kappa shape index (κ1) is 15.4. The fraction of sp³-hybridized carbons (Fsp3) is 0.0556. The monoisotopic (exact) mass is 354 g/mol. The molecule has 2 heterocycles. The van der Waals surface area contributed by atoms with E-state index in [1.54, 1.807) is 43.3 Å². The number of aromatic hydroxyl groups is 1. The van der Waals surface area contributed by atoms with Gasteiger partial charge in [0.15, 0.2) is 11.3 Å². The lowest BCUT2D eigenvalue weighted by molar-refractivity contribution is 0.467. The zero-order chi connectivity index (χ0) is 17.6. The Kier molecular flexibility index (Phi) is 3.54. The molecular formula is C18H11ClN2O4. The highest BCUT2D eigenvalue weighted by Gasteiger charge is 2.18. The maximum atomic E-state index is 11.7. The van der Waals surface area contributed by atoms with E-state index in [-0.39, 0.29) is 17.2 Å². The van der Waals surface area contributed by atoms with Crippen molar-refractivity contribution < 1.29 is 13.9 Å². The Hall–Kier alpha value is -3.12. The second-order valence-electron chi connectivity index (χ2n) is 5.50. The molecule has 25 heavy (non-hydrogen) atoms. The third kappa shape index (κ3) is 2.66. The number of hydrogen-bond donors (Lipinski definition) is 1. The van der Waals surface area contributed by atoms with Crippen molar-refractivity contribution >= 4 is 45.1 Å². The topological polar surface area (TPSA) is 88.3 Å². The van der Waals surface area contributed by atoms with Crippen LogP contribution in [0.2, 0.25) is 5.02 Å². The number of furan rings is 1. The predicted molar refractivity (Wildman–Crippen MR) is 94.3 cm³/mol. The first-order chi connectivity index (χ1) is 12.0. The van der Waals surface area contributed by atoms with Crippen molar-refractivity contribution in [3.63, 3.8) is 0 Å². The summed E-state index contributed by atoms with van der Waals surface area (Å²) in [7, 11) is 0. The molecular weight excluding hydrogens is 344 g/mol. The van der Waals surface area contributed by atoms with Crippen molar-refractivity contribution in [2.24, 2.45) is 10.2 Å². The summed E-state index contributed by atoms with van der Waals surface area (Å²) < 4.78 is 10.8. The summed E-state index contributed by atoms with van der Waals surface area (Å²) in [6.07, 6.45) is 0. The summed E-state index contributed by atoms with van der Waals surface area (Å²) >= 11 is 5.82. The highest BCUT2D eigenvalue weighted by molar-refractivity contribution is 6.30. The van der Waals surface area contributed by atoms with Gasteiger partial charge in [-0.1, -0.05) is 11.6 Å².